The van der Waals surface area contributed by atoms with Gasteiger partial charge in [0.05, 0.1) is 5.69 Å². The third-order valence-electron chi connectivity index (χ3n) is 4.43. The van der Waals surface area contributed by atoms with Crippen molar-refractivity contribution in [3.05, 3.63) is 72.2 Å². The maximum Gasteiger partial charge on any atom is 0.246 e. The Balaban J connectivity index is 1.54. The molecule has 3 N–H and O–H groups in total. The lowest BCUT2D eigenvalue weighted by Gasteiger charge is -2.28. The summed E-state index contributed by atoms with van der Waals surface area (Å²) >= 11 is 0. The number of anilines is 1. The molecule has 2 aromatic heterocycles. The number of nitrogens with one attached hydrogen (secondary N) is 1. The number of hydrogen-bond donors (Lipinski definition) is 2. The second-order valence-corrected chi connectivity index (χ2v) is 6.67. The number of aryl methyl sites for hydroxylation is 1. The van der Waals surface area contributed by atoms with E-state index in [1.165, 1.54) is 0 Å². The van der Waals surface area contributed by atoms with E-state index in [1.54, 1.807) is 22.0 Å². The molecule has 0 amide bonds. The summed E-state index contributed by atoms with van der Waals surface area (Å²) in [6.45, 7) is 4.79. The number of hydrogen-bond acceptors (Lipinski definition) is 6. The van der Waals surface area contributed by atoms with Crippen LogP contribution >= 0.6 is 0 Å². The molecule has 0 spiro atoms. The Morgan fingerprint density at radius 2 is 1.96 bits per heavy atom. The summed E-state index contributed by atoms with van der Waals surface area (Å²) < 4.78 is 3.51. The van der Waals surface area contributed by atoms with Gasteiger partial charge in [-0.3, -0.25) is 4.68 Å². The van der Waals surface area contributed by atoms with E-state index >= 15 is 0 Å². The zero-order valence-corrected chi connectivity index (χ0v) is 15.4. The SMILES string of the molecule is CCn1cnc(C2(N)C=C(C)C=C(Nc3ncn(-c4ccccc4)n3)C2)n1. The van der Waals surface area contributed by atoms with E-state index in [4.69, 9.17) is 5.73 Å². The minimum absolute atomic E-state index is 0.522. The van der Waals surface area contributed by atoms with Gasteiger partial charge in [-0.1, -0.05) is 29.8 Å². The van der Waals surface area contributed by atoms with Crippen LogP contribution in [0.3, 0.4) is 0 Å². The fourth-order valence-electron chi connectivity index (χ4n) is 3.19. The number of para-hydroxylation sites is 1. The molecule has 8 heteroatoms. The lowest BCUT2D eigenvalue weighted by atomic mass is 9.86. The van der Waals surface area contributed by atoms with Gasteiger partial charge in [-0.05, 0) is 32.1 Å². The molecule has 4 rings (SSSR count). The average molecular weight is 362 g/mol. The lowest BCUT2D eigenvalue weighted by molar-refractivity contribution is 0.499. The topological polar surface area (TPSA) is 99.5 Å². The van der Waals surface area contributed by atoms with Gasteiger partial charge in [0.15, 0.2) is 5.82 Å². The maximum atomic E-state index is 6.64. The zero-order valence-electron chi connectivity index (χ0n) is 15.4. The Morgan fingerprint density at radius 3 is 2.70 bits per heavy atom. The first kappa shape index (κ1) is 17.2. The van der Waals surface area contributed by atoms with E-state index < -0.39 is 5.54 Å². The van der Waals surface area contributed by atoms with Crippen LogP contribution in [0.2, 0.25) is 0 Å². The first-order valence-electron chi connectivity index (χ1n) is 8.89. The number of aromatic nitrogens is 6. The van der Waals surface area contributed by atoms with Crippen LogP contribution in [0.4, 0.5) is 5.95 Å². The van der Waals surface area contributed by atoms with Crippen LogP contribution in [0.25, 0.3) is 5.69 Å². The monoisotopic (exact) mass is 362 g/mol. The molecule has 2 heterocycles. The zero-order chi connectivity index (χ0) is 18.9. The van der Waals surface area contributed by atoms with Gasteiger partial charge in [-0.2, -0.15) is 10.1 Å². The van der Waals surface area contributed by atoms with Crippen LogP contribution in [-0.4, -0.2) is 29.5 Å². The van der Waals surface area contributed by atoms with E-state index in [0.29, 0.717) is 18.2 Å². The lowest BCUT2D eigenvalue weighted by Crippen LogP contribution is -2.39. The highest BCUT2D eigenvalue weighted by Crippen LogP contribution is 2.31. The fourth-order valence-corrected chi connectivity index (χ4v) is 3.19. The quantitative estimate of drug-likeness (QED) is 0.723. The molecule has 3 aromatic rings. The van der Waals surface area contributed by atoms with Crippen LogP contribution in [-0.2, 0) is 12.1 Å². The second-order valence-electron chi connectivity index (χ2n) is 6.67. The van der Waals surface area contributed by atoms with Crippen molar-refractivity contribution in [1.29, 1.82) is 0 Å². The smallest absolute Gasteiger partial charge is 0.246 e. The number of nitrogens with zero attached hydrogens (tertiary/aromatic N) is 6. The largest absolute Gasteiger partial charge is 0.326 e. The van der Waals surface area contributed by atoms with Gasteiger partial charge in [0.1, 0.15) is 18.2 Å². The standard InChI is InChI=1S/C19H22N8/c1-3-26-12-21-17(24-26)19(20)10-14(2)9-15(11-19)23-18-22-13-27(25-18)16-7-5-4-6-8-16/h4-10,12-13H,3,11,20H2,1-2H3,(H,23,25). The van der Waals surface area contributed by atoms with Gasteiger partial charge in [-0.15, -0.1) is 5.10 Å². The highest BCUT2D eigenvalue weighted by atomic mass is 15.4. The molecule has 1 atom stereocenters. The molecule has 0 bridgehead atoms. The van der Waals surface area contributed by atoms with Crippen LogP contribution in [0, 0.1) is 0 Å². The van der Waals surface area contributed by atoms with Crippen molar-refractivity contribution < 1.29 is 0 Å². The molecular formula is C19H22N8. The van der Waals surface area contributed by atoms with Crippen molar-refractivity contribution in [2.45, 2.75) is 32.4 Å². The molecule has 0 aliphatic heterocycles. The predicted octanol–water partition coefficient (Wildman–Crippen LogP) is 2.38. The number of nitrogens with two attached hydrogens (primary N) is 1. The van der Waals surface area contributed by atoms with Crippen LogP contribution in [0.1, 0.15) is 26.1 Å². The molecule has 0 saturated heterocycles. The van der Waals surface area contributed by atoms with E-state index in [-0.39, 0.29) is 0 Å². The molecule has 1 aromatic carbocycles. The van der Waals surface area contributed by atoms with Crippen molar-refractivity contribution in [2.24, 2.45) is 5.73 Å². The van der Waals surface area contributed by atoms with Gasteiger partial charge >= 0.3 is 0 Å². The molecule has 0 saturated carbocycles. The van der Waals surface area contributed by atoms with Crippen molar-refractivity contribution in [2.75, 3.05) is 5.32 Å². The summed E-state index contributed by atoms with van der Waals surface area (Å²) in [6.07, 6.45) is 7.98. The normalized spacial score (nSPS) is 19.5. The maximum absolute atomic E-state index is 6.64. The van der Waals surface area contributed by atoms with Gasteiger partial charge in [0.2, 0.25) is 5.95 Å². The Labute approximate surface area is 157 Å². The average Bonchev–Trinajstić information content (AvgIpc) is 3.31. The highest BCUT2D eigenvalue weighted by Gasteiger charge is 2.33. The van der Waals surface area contributed by atoms with Gasteiger partial charge in [0, 0.05) is 18.7 Å². The molecule has 0 fully saturated rings. The van der Waals surface area contributed by atoms with Crippen LogP contribution in [0.5, 0.6) is 0 Å². The van der Waals surface area contributed by atoms with E-state index in [9.17, 15) is 0 Å². The molecule has 0 radical (unpaired) electrons. The Morgan fingerprint density at radius 1 is 1.15 bits per heavy atom. The molecule has 1 aliphatic rings. The summed E-state index contributed by atoms with van der Waals surface area (Å²) in [4.78, 5) is 8.75. The predicted molar refractivity (Wildman–Crippen MR) is 103 cm³/mol. The molecular weight excluding hydrogens is 340 g/mol. The highest BCUT2D eigenvalue weighted by molar-refractivity contribution is 5.44. The van der Waals surface area contributed by atoms with Gasteiger partial charge in [0.25, 0.3) is 0 Å². The first-order chi connectivity index (χ1) is 13.1. The number of rotatable bonds is 5. The summed E-state index contributed by atoms with van der Waals surface area (Å²) in [6, 6.07) is 9.86. The number of benzene rings is 1. The van der Waals surface area contributed by atoms with Gasteiger partial charge in [-0.25, -0.2) is 9.67 Å². The van der Waals surface area contributed by atoms with Crippen molar-refractivity contribution in [3.8, 4) is 5.69 Å². The van der Waals surface area contributed by atoms with E-state index in [2.05, 4.69) is 25.5 Å². The molecule has 8 nitrogen and oxygen atoms in total. The van der Waals surface area contributed by atoms with E-state index in [0.717, 1.165) is 23.5 Å². The summed E-state index contributed by atoms with van der Waals surface area (Å²) in [7, 11) is 0. The Kier molecular flexibility index (Phi) is 4.33. The van der Waals surface area contributed by atoms with E-state index in [1.807, 2.05) is 56.3 Å². The minimum atomic E-state index is -0.760. The third-order valence-corrected chi connectivity index (χ3v) is 4.43. The summed E-state index contributed by atoms with van der Waals surface area (Å²) in [5.41, 5.74) is 8.80. The number of allylic oxidation sites excluding steroid dienone is 2. The van der Waals surface area contributed by atoms with Gasteiger partial charge < -0.3 is 11.1 Å². The fraction of sp³-hybridized carbons (Fsp3) is 0.263. The molecule has 1 aliphatic carbocycles. The van der Waals surface area contributed by atoms with Crippen molar-refractivity contribution in [1.82, 2.24) is 29.5 Å². The molecule has 27 heavy (non-hydrogen) atoms. The molecule has 1 unspecified atom stereocenters. The third kappa shape index (κ3) is 3.52. The van der Waals surface area contributed by atoms with Crippen molar-refractivity contribution >= 4 is 5.95 Å². The van der Waals surface area contributed by atoms with Crippen LogP contribution < -0.4 is 11.1 Å². The Hall–Kier alpha value is -3.26. The van der Waals surface area contributed by atoms with Crippen molar-refractivity contribution in [3.63, 3.8) is 0 Å². The minimum Gasteiger partial charge on any atom is -0.326 e. The Bertz CT molecular complexity index is 998. The molecule has 138 valence electrons. The summed E-state index contributed by atoms with van der Waals surface area (Å²) in [5.74, 6) is 1.13. The first-order valence-corrected chi connectivity index (χ1v) is 8.89. The second kappa shape index (κ2) is 6.81. The summed E-state index contributed by atoms with van der Waals surface area (Å²) in [5, 5.41) is 12.3. The van der Waals surface area contributed by atoms with Crippen LogP contribution in [0.15, 0.2) is 66.4 Å².